The molecule has 0 amide bonds. The van der Waals surface area contributed by atoms with Crippen LogP contribution in [-0.2, 0) is 9.53 Å². The maximum Gasteiger partial charge on any atom is 0.138 e. The SMILES string of the molecule is C1CCOC1.CC.O=C1CCCCC1CO. The zero-order valence-electron chi connectivity index (χ0n) is 10.7. The van der Waals surface area contributed by atoms with Crippen molar-refractivity contribution >= 4 is 5.78 Å². The molecular weight excluding hydrogens is 204 g/mol. The molecule has 0 radical (unpaired) electrons. The van der Waals surface area contributed by atoms with Crippen molar-refractivity contribution in [1.29, 1.82) is 0 Å². The van der Waals surface area contributed by atoms with E-state index in [1.165, 1.54) is 12.8 Å². The number of aliphatic hydroxyl groups is 1. The molecule has 1 saturated carbocycles. The summed E-state index contributed by atoms with van der Waals surface area (Å²) in [5.41, 5.74) is 0. The molecule has 2 fully saturated rings. The Morgan fingerprint density at radius 2 is 1.81 bits per heavy atom. The van der Waals surface area contributed by atoms with Gasteiger partial charge < -0.3 is 9.84 Å². The Morgan fingerprint density at radius 3 is 2.12 bits per heavy atom. The summed E-state index contributed by atoms with van der Waals surface area (Å²) in [6.07, 6.45) is 6.27. The largest absolute Gasteiger partial charge is 0.396 e. The molecule has 0 aromatic heterocycles. The Hall–Kier alpha value is -0.410. The van der Waals surface area contributed by atoms with Gasteiger partial charge in [0.05, 0.1) is 6.61 Å². The van der Waals surface area contributed by atoms with Crippen molar-refractivity contribution in [2.75, 3.05) is 19.8 Å². The fourth-order valence-corrected chi connectivity index (χ4v) is 1.76. The van der Waals surface area contributed by atoms with Gasteiger partial charge in [0.25, 0.3) is 0 Å². The molecule has 3 heteroatoms. The predicted octanol–water partition coefficient (Wildman–Crippen LogP) is 2.56. The minimum atomic E-state index is -0.0289. The van der Waals surface area contributed by atoms with Crippen LogP contribution >= 0.6 is 0 Å². The van der Waals surface area contributed by atoms with E-state index in [2.05, 4.69) is 0 Å². The molecule has 0 aromatic rings. The van der Waals surface area contributed by atoms with Crippen molar-refractivity contribution in [2.24, 2.45) is 5.92 Å². The van der Waals surface area contributed by atoms with E-state index >= 15 is 0 Å². The summed E-state index contributed by atoms with van der Waals surface area (Å²) >= 11 is 0. The summed E-state index contributed by atoms with van der Waals surface area (Å²) in [6.45, 7) is 6.05. The standard InChI is InChI=1S/C7H12O2.C4H8O.C2H6/c8-5-6-3-1-2-4-7(6)9;1-2-4-5-3-1;1-2/h6,8H,1-5H2;1-4H2;1-2H3. The average Bonchev–Trinajstić information content (AvgIpc) is 2.91. The van der Waals surface area contributed by atoms with Crippen molar-refractivity contribution in [1.82, 2.24) is 0 Å². The Morgan fingerprint density at radius 1 is 1.19 bits per heavy atom. The predicted molar refractivity (Wildman–Crippen MR) is 65.5 cm³/mol. The van der Waals surface area contributed by atoms with Gasteiger partial charge in [-0.3, -0.25) is 4.79 Å². The molecule has 0 spiro atoms. The van der Waals surface area contributed by atoms with Crippen molar-refractivity contribution in [3.63, 3.8) is 0 Å². The minimum absolute atomic E-state index is 0.0289. The highest BCUT2D eigenvalue weighted by Gasteiger charge is 2.20. The molecule has 1 N–H and O–H groups in total. The topological polar surface area (TPSA) is 46.5 Å². The van der Waals surface area contributed by atoms with E-state index in [0.717, 1.165) is 32.5 Å². The zero-order chi connectivity index (χ0) is 12.2. The third-order valence-corrected chi connectivity index (χ3v) is 2.73. The minimum Gasteiger partial charge on any atom is -0.396 e. The smallest absolute Gasteiger partial charge is 0.138 e. The summed E-state index contributed by atoms with van der Waals surface area (Å²) in [7, 11) is 0. The van der Waals surface area contributed by atoms with Gasteiger partial charge in [0.15, 0.2) is 0 Å². The van der Waals surface area contributed by atoms with Crippen LogP contribution in [0.4, 0.5) is 0 Å². The highest BCUT2D eigenvalue weighted by molar-refractivity contribution is 5.81. The van der Waals surface area contributed by atoms with E-state index < -0.39 is 0 Å². The second-order valence-corrected chi connectivity index (χ2v) is 3.91. The van der Waals surface area contributed by atoms with Crippen LogP contribution in [0, 0.1) is 5.92 Å². The summed E-state index contributed by atoms with van der Waals surface area (Å²) in [5.74, 6) is 0.225. The van der Waals surface area contributed by atoms with Crippen LogP contribution in [0.25, 0.3) is 0 Å². The maximum atomic E-state index is 10.9. The van der Waals surface area contributed by atoms with Gasteiger partial charge in [0.2, 0.25) is 0 Å². The Labute approximate surface area is 99.2 Å². The molecule has 0 aromatic carbocycles. The van der Waals surface area contributed by atoms with Crippen molar-refractivity contribution < 1.29 is 14.6 Å². The first kappa shape index (κ1) is 15.6. The normalized spacial score (nSPS) is 23.9. The molecule has 1 aliphatic heterocycles. The molecule has 3 nitrogen and oxygen atoms in total. The van der Waals surface area contributed by atoms with Crippen LogP contribution < -0.4 is 0 Å². The van der Waals surface area contributed by atoms with Gasteiger partial charge in [-0.15, -0.1) is 0 Å². The van der Waals surface area contributed by atoms with Crippen LogP contribution in [0.5, 0.6) is 0 Å². The highest BCUT2D eigenvalue weighted by Crippen LogP contribution is 2.19. The number of ether oxygens (including phenoxy) is 1. The zero-order valence-corrected chi connectivity index (χ0v) is 10.7. The maximum absolute atomic E-state index is 10.9. The second-order valence-electron chi connectivity index (χ2n) is 3.91. The number of hydrogen-bond donors (Lipinski definition) is 1. The van der Waals surface area contributed by atoms with Crippen molar-refractivity contribution in [2.45, 2.75) is 52.4 Å². The van der Waals surface area contributed by atoms with Gasteiger partial charge in [0.1, 0.15) is 5.78 Å². The summed E-state index contributed by atoms with van der Waals surface area (Å²) in [4.78, 5) is 10.9. The summed E-state index contributed by atoms with van der Waals surface area (Å²) in [6, 6.07) is 0. The third-order valence-electron chi connectivity index (χ3n) is 2.73. The number of aliphatic hydroxyl groups excluding tert-OH is 1. The molecule has 1 heterocycles. The van der Waals surface area contributed by atoms with Crippen LogP contribution in [0.1, 0.15) is 52.4 Å². The molecule has 1 unspecified atom stereocenters. The highest BCUT2D eigenvalue weighted by atomic mass is 16.5. The molecule has 96 valence electrons. The average molecular weight is 230 g/mol. The number of carbonyl (C=O) groups excluding carboxylic acids is 1. The fourth-order valence-electron chi connectivity index (χ4n) is 1.76. The van der Waals surface area contributed by atoms with Gasteiger partial charge in [0, 0.05) is 25.6 Å². The molecule has 1 aliphatic carbocycles. The lowest BCUT2D eigenvalue weighted by Crippen LogP contribution is -2.21. The molecule has 1 saturated heterocycles. The second kappa shape index (κ2) is 11.1. The van der Waals surface area contributed by atoms with Gasteiger partial charge in [-0.25, -0.2) is 0 Å². The lowest BCUT2D eigenvalue weighted by molar-refractivity contribution is -0.125. The van der Waals surface area contributed by atoms with E-state index in [4.69, 9.17) is 9.84 Å². The Kier molecular flexibility index (Phi) is 10.8. The molecule has 2 rings (SSSR count). The molecule has 0 bridgehead atoms. The van der Waals surface area contributed by atoms with Gasteiger partial charge >= 0.3 is 0 Å². The Bertz CT molecular complexity index is 157. The molecule has 1 atom stereocenters. The molecule has 2 aliphatic rings. The lowest BCUT2D eigenvalue weighted by Gasteiger charge is -2.17. The van der Waals surface area contributed by atoms with Gasteiger partial charge in [-0.05, 0) is 25.7 Å². The number of carbonyl (C=O) groups is 1. The van der Waals surface area contributed by atoms with Crippen LogP contribution in [0.2, 0.25) is 0 Å². The van der Waals surface area contributed by atoms with E-state index in [1.54, 1.807) is 0 Å². The van der Waals surface area contributed by atoms with Crippen molar-refractivity contribution in [3.05, 3.63) is 0 Å². The quantitative estimate of drug-likeness (QED) is 0.753. The number of Topliss-reactive ketones (excluding diaryl/α,β-unsaturated/α-hetero) is 1. The summed E-state index contributed by atoms with van der Waals surface area (Å²) < 4.78 is 4.94. The Balaban J connectivity index is 0.000000272. The first-order valence-electron chi connectivity index (χ1n) is 6.56. The van der Waals surface area contributed by atoms with Gasteiger partial charge in [-0.2, -0.15) is 0 Å². The molecule has 16 heavy (non-hydrogen) atoms. The van der Waals surface area contributed by atoms with E-state index in [9.17, 15) is 4.79 Å². The third kappa shape index (κ3) is 6.96. The lowest BCUT2D eigenvalue weighted by atomic mass is 9.89. The number of rotatable bonds is 1. The van der Waals surface area contributed by atoms with Crippen LogP contribution in [-0.4, -0.2) is 30.7 Å². The van der Waals surface area contributed by atoms with Crippen LogP contribution in [0.15, 0.2) is 0 Å². The summed E-state index contributed by atoms with van der Waals surface area (Å²) in [5, 5.41) is 8.64. The number of ketones is 1. The first-order valence-corrected chi connectivity index (χ1v) is 6.56. The fraction of sp³-hybridized carbons (Fsp3) is 0.923. The van der Waals surface area contributed by atoms with Crippen molar-refractivity contribution in [3.8, 4) is 0 Å². The van der Waals surface area contributed by atoms with E-state index in [-0.39, 0.29) is 18.3 Å². The van der Waals surface area contributed by atoms with Gasteiger partial charge in [-0.1, -0.05) is 20.3 Å². The van der Waals surface area contributed by atoms with E-state index in [1.807, 2.05) is 13.8 Å². The molecular formula is C13H26O3. The first-order chi connectivity index (χ1) is 7.84. The van der Waals surface area contributed by atoms with E-state index in [0.29, 0.717) is 6.42 Å². The monoisotopic (exact) mass is 230 g/mol. The number of hydrogen-bond acceptors (Lipinski definition) is 3. The van der Waals surface area contributed by atoms with Crippen LogP contribution in [0.3, 0.4) is 0 Å².